The van der Waals surface area contributed by atoms with E-state index in [2.05, 4.69) is 0 Å². The third-order valence-electron chi connectivity index (χ3n) is 5.54. The monoisotopic (exact) mass is 405 g/mol. The maximum Gasteiger partial charge on any atom is 0.414 e. The molecule has 158 valence electrons. The minimum atomic E-state index is -0.905. The molecule has 0 aromatic heterocycles. The molecule has 0 spiro atoms. The van der Waals surface area contributed by atoms with Crippen LogP contribution in [0, 0.1) is 17.1 Å². The number of nitrogens with zero attached hydrogens (tertiary/aromatic N) is 2. The van der Waals surface area contributed by atoms with E-state index in [0.29, 0.717) is 31.9 Å². The molecule has 2 fully saturated rings. The van der Waals surface area contributed by atoms with Crippen LogP contribution in [-0.2, 0) is 16.1 Å². The van der Waals surface area contributed by atoms with E-state index in [9.17, 15) is 14.0 Å². The Morgan fingerprint density at radius 1 is 1.17 bits per heavy atom. The standard InChI is InChI=1S/C20H28FN5O3/c21-17-15(13-29-20(28)24-19(22)23)7-4-8-16(17)25-9-11-26(12-10-25)18(27)14-5-2-1-3-6-14/h4,7-8,14H,1-3,5-6,9-13H2,(H4,22,23,24,28). The van der Waals surface area contributed by atoms with Crippen LogP contribution in [0.15, 0.2) is 18.2 Å². The van der Waals surface area contributed by atoms with Crippen LogP contribution in [0.4, 0.5) is 14.9 Å². The van der Waals surface area contributed by atoms with Crippen LogP contribution in [0.25, 0.3) is 0 Å². The van der Waals surface area contributed by atoms with Crippen molar-refractivity contribution in [3.8, 4) is 0 Å². The third kappa shape index (κ3) is 5.36. The van der Waals surface area contributed by atoms with Crippen molar-refractivity contribution >= 4 is 23.6 Å². The number of ether oxygens (including phenoxy) is 1. The van der Waals surface area contributed by atoms with Gasteiger partial charge in [0.1, 0.15) is 6.61 Å². The lowest BCUT2D eigenvalue weighted by Gasteiger charge is -2.38. The number of carbonyl (C=O) groups excluding carboxylic acids is 2. The summed E-state index contributed by atoms with van der Waals surface area (Å²) in [6.45, 7) is 2.01. The van der Waals surface area contributed by atoms with Crippen LogP contribution in [0.3, 0.4) is 0 Å². The number of nitrogens with two attached hydrogens (primary N) is 1. The molecule has 0 atom stereocenters. The highest BCUT2D eigenvalue weighted by Gasteiger charge is 2.29. The molecule has 9 heteroatoms. The zero-order valence-corrected chi connectivity index (χ0v) is 16.5. The van der Waals surface area contributed by atoms with Crippen molar-refractivity contribution < 1.29 is 18.7 Å². The minimum absolute atomic E-state index is 0.147. The van der Waals surface area contributed by atoms with E-state index < -0.39 is 17.9 Å². The molecule has 1 heterocycles. The Morgan fingerprint density at radius 2 is 1.86 bits per heavy atom. The molecule has 0 unspecified atom stereocenters. The van der Waals surface area contributed by atoms with Crippen molar-refractivity contribution in [2.75, 3.05) is 31.1 Å². The van der Waals surface area contributed by atoms with Gasteiger partial charge in [0.15, 0.2) is 11.8 Å². The largest absolute Gasteiger partial charge is 0.444 e. The molecule has 1 saturated heterocycles. The number of guanidine groups is 1. The van der Waals surface area contributed by atoms with Crippen molar-refractivity contribution in [1.82, 2.24) is 10.2 Å². The lowest BCUT2D eigenvalue weighted by molar-refractivity contribution is -0.136. The quantitative estimate of drug-likeness (QED) is 0.525. The van der Waals surface area contributed by atoms with Gasteiger partial charge in [-0.1, -0.05) is 31.4 Å². The summed E-state index contributed by atoms with van der Waals surface area (Å²) >= 11 is 0. The molecule has 1 aliphatic heterocycles. The van der Waals surface area contributed by atoms with Crippen LogP contribution in [0.2, 0.25) is 0 Å². The molecule has 0 radical (unpaired) electrons. The fraction of sp³-hybridized carbons (Fsp3) is 0.550. The first-order chi connectivity index (χ1) is 14.0. The predicted octanol–water partition coefficient (Wildman–Crippen LogP) is 2.17. The second-order valence-corrected chi connectivity index (χ2v) is 7.51. The first-order valence-corrected chi connectivity index (χ1v) is 10.0. The van der Waals surface area contributed by atoms with Crippen LogP contribution < -0.4 is 16.0 Å². The lowest BCUT2D eigenvalue weighted by Crippen LogP contribution is -2.50. The molecule has 0 bridgehead atoms. The van der Waals surface area contributed by atoms with Crippen LogP contribution in [-0.4, -0.2) is 49.0 Å². The summed E-state index contributed by atoms with van der Waals surface area (Å²) in [4.78, 5) is 28.0. The average molecular weight is 405 g/mol. The zero-order chi connectivity index (χ0) is 20.8. The Bertz CT molecular complexity index is 758. The van der Waals surface area contributed by atoms with Gasteiger partial charge < -0.3 is 20.3 Å². The Labute approximate surface area is 169 Å². The molecule has 2 aliphatic rings. The summed E-state index contributed by atoms with van der Waals surface area (Å²) in [6, 6.07) is 4.94. The van der Waals surface area contributed by atoms with Gasteiger partial charge in [-0.2, -0.15) is 0 Å². The maximum absolute atomic E-state index is 14.9. The Kier molecular flexibility index (Phi) is 6.90. The molecule has 2 amide bonds. The van der Waals surface area contributed by atoms with Gasteiger partial charge in [0, 0.05) is 37.7 Å². The molecule has 1 aliphatic carbocycles. The van der Waals surface area contributed by atoms with Gasteiger partial charge in [-0.05, 0) is 18.9 Å². The number of piperazine rings is 1. The number of alkyl carbamates (subject to hydrolysis) is 1. The minimum Gasteiger partial charge on any atom is -0.444 e. The van der Waals surface area contributed by atoms with E-state index in [1.807, 2.05) is 15.1 Å². The molecule has 1 aromatic carbocycles. The summed E-state index contributed by atoms with van der Waals surface area (Å²) in [7, 11) is 0. The van der Waals surface area contributed by atoms with Crippen molar-refractivity contribution in [2.24, 2.45) is 11.7 Å². The number of halogens is 1. The Hall–Kier alpha value is -2.84. The smallest absolute Gasteiger partial charge is 0.414 e. The average Bonchev–Trinajstić information content (AvgIpc) is 2.73. The molecule has 29 heavy (non-hydrogen) atoms. The molecule has 8 nitrogen and oxygen atoms in total. The van der Waals surface area contributed by atoms with Crippen LogP contribution in [0.1, 0.15) is 37.7 Å². The number of benzene rings is 1. The van der Waals surface area contributed by atoms with Crippen molar-refractivity contribution in [3.63, 3.8) is 0 Å². The number of hydrogen-bond acceptors (Lipinski definition) is 5. The molecule has 1 aromatic rings. The number of amides is 2. The first-order valence-electron chi connectivity index (χ1n) is 10.0. The third-order valence-corrected chi connectivity index (χ3v) is 5.54. The zero-order valence-electron chi connectivity index (χ0n) is 16.5. The second-order valence-electron chi connectivity index (χ2n) is 7.51. The van der Waals surface area contributed by atoms with Gasteiger partial charge in [-0.25, -0.2) is 9.18 Å². The number of rotatable bonds is 4. The van der Waals surface area contributed by atoms with Crippen molar-refractivity contribution in [1.29, 1.82) is 5.41 Å². The van der Waals surface area contributed by atoms with E-state index >= 15 is 0 Å². The predicted molar refractivity (Wildman–Crippen MR) is 107 cm³/mol. The van der Waals surface area contributed by atoms with Gasteiger partial charge in [0.25, 0.3) is 0 Å². The van der Waals surface area contributed by atoms with Crippen molar-refractivity contribution in [2.45, 2.75) is 38.7 Å². The maximum atomic E-state index is 14.9. The van der Waals surface area contributed by atoms with Gasteiger partial charge in [0.05, 0.1) is 5.69 Å². The van der Waals surface area contributed by atoms with Crippen molar-refractivity contribution in [3.05, 3.63) is 29.6 Å². The number of anilines is 1. The Morgan fingerprint density at radius 3 is 2.52 bits per heavy atom. The van der Waals surface area contributed by atoms with Crippen LogP contribution in [0.5, 0.6) is 0 Å². The van der Waals surface area contributed by atoms with E-state index in [4.69, 9.17) is 15.9 Å². The first kappa shape index (κ1) is 20.9. The highest BCUT2D eigenvalue weighted by atomic mass is 19.1. The van der Waals surface area contributed by atoms with Gasteiger partial charge in [-0.15, -0.1) is 0 Å². The fourth-order valence-electron chi connectivity index (χ4n) is 3.99. The fourth-order valence-corrected chi connectivity index (χ4v) is 3.99. The normalized spacial score (nSPS) is 17.7. The van der Waals surface area contributed by atoms with E-state index in [1.165, 1.54) is 6.42 Å². The molecule has 1 saturated carbocycles. The van der Waals surface area contributed by atoms with E-state index in [0.717, 1.165) is 25.7 Å². The van der Waals surface area contributed by atoms with Gasteiger partial charge >= 0.3 is 6.09 Å². The lowest BCUT2D eigenvalue weighted by atomic mass is 9.88. The topological polar surface area (TPSA) is 112 Å². The number of hydrogen-bond donors (Lipinski definition) is 3. The summed E-state index contributed by atoms with van der Waals surface area (Å²) in [5.41, 5.74) is 5.73. The van der Waals surface area contributed by atoms with E-state index in [-0.39, 0.29) is 24.0 Å². The molecule has 3 rings (SSSR count). The highest BCUT2D eigenvalue weighted by molar-refractivity contribution is 5.90. The summed E-state index contributed by atoms with van der Waals surface area (Å²) in [5.74, 6) is -0.600. The molecular formula is C20H28FN5O3. The summed E-state index contributed by atoms with van der Waals surface area (Å²) < 4.78 is 19.8. The summed E-state index contributed by atoms with van der Waals surface area (Å²) in [6.07, 6.45) is 4.52. The molecule has 4 N–H and O–H groups in total. The highest BCUT2D eigenvalue weighted by Crippen LogP contribution is 2.27. The number of carbonyl (C=O) groups is 2. The Balaban J connectivity index is 1.57. The SMILES string of the molecule is N=C(N)NC(=O)OCc1cccc(N2CCN(C(=O)C3CCCCC3)CC2)c1F. The van der Waals surface area contributed by atoms with Gasteiger partial charge in [-0.3, -0.25) is 15.5 Å². The van der Waals surface area contributed by atoms with Gasteiger partial charge in [0.2, 0.25) is 5.91 Å². The van der Waals surface area contributed by atoms with E-state index in [1.54, 1.807) is 18.2 Å². The van der Waals surface area contributed by atoms with Crippen LogP contribution >= 0.6 is 0 Å². The number of nitrogens with one attached hydrogen (secondary N) is 2. The summed E-state index contributed by atoms with van der Waals surface area (Å²) in [5, 5.41) is 8.97. The molecular weight excluding hydrogens is 377 g/mol. The second kappa shape index (κ2) is 9.58.